The first-order valence-electron chi connectivity index (χ1n) is 7.00. The van der Waals surface area contributed by atoms with Crippen molar-refractivity contribution in [3.8, 4) is 5.75 Å². The fraction of sp³-hybridized carbons (Fsp3) is 0.294. The molecule has 1 atom stereocenters. The Kier molecular flexibility index (Phi) is 6.27. The van der Waals surface area contributed by atoms with E-state index in [0.717, 1.165) is 26.8 Å². The van der Waals surface area contributed by atoms with Gasteiger partial charge < -0.3 is 10.1 Å². The number of hydrogen-bond acceptors (Lipinski definition) is 2. The summed E-state index contributed by atoms with van der Waals surface area (Å²) < 4.78 is 7.99. The third kappa shape index (κ3) is 4.83. The SMILES string of the molecule is CCNC(C)c1ccc(OCc2ccc(Br)cc2)cc1Br. The van der Waals surface area contributed by atoms with Crippen molar-refractivity contribution < 1.29 is 4.74 Å². The average molecular weight is 413 g/mol. The first kappa shape index (κ1) is 16.5. The van der Waals surface area contributed by atoms with Gasteiger partial charge in [-0.1, -0.05) is 57.0 Å². The van der Waals surface area contributed by atoms with Gasteiger partial charge in [-0.05, 0) is 48.9 Å². The van der Waals surface area contributed by atoms with Gasteiger partial charge in [0.2, 0.25) is 0 Å². The second kappa shape index (κ2) is 7.97. The van der Waals surface area contributed by atoms with Crippen LogP contribution in [0, 0.1) is 0 Å². The molecule has 0 saturated carbocycles. The Hall–Kier alpha value is -0.840. The highest BCUT2D eigenvalue weighted by atomic mass is 79.9. The van der Waals surface area contributed by atoms with Crippen molar-refractivity contribution in [3.05, 3.63) is 62.5 Å². The molecule has 0 aliphatic carbocycles. The van der Waals surface area contributed by atoms with Crippen LogP contribution in [0.1, 0.15) is 31.0 Å². The number of hydrogen-bond donors (Lipinski definition) is 1. The Bertz CT molecular complexity index is 584. The second-order valence-corrected chi connectivity index (χ2v) is 6.65. The summed E-state index contributed by atoms with van der Waals surface area (Å²) in [6.45, 7) is 5.79. The van der Waals surface area contributed by atoms with Crippen LogP contribution in [-0.2, 0) is 6.61 Å². The standard InChI is InChI=1S/C17H19Br2NO/c1-3-20-12(2)16-9-8-15(10-17(16)19)21-11-13-4-6-14(18)7-5-13/h4-10,12,20H,3,11H2,1-2H3. The van der Waals surface area contributed by atoms with E-state index in [1.807, 2.05) is 24.3 Å². The molecule has 0 amide bonds. The lowest BCUT2D eigenvalue weighted by atomic mass is 10.1. The summed E-state index contributed by atoms with van der Waals surface area (Å²) in [4.78, 5) is 0. The summed E-state index contributed by atoms with van der Waals surface area (Å²) in [5.41, 5.74) is 2.40. The Labute approximate surface area is 143 Å². The highest BCUT2D eigenvalue weighted by molar-refractivity contribution is 9.10. The summed E-state index contributed by atoms with van der Waals surface area (Å²) >= 11 is 7.06. The quantitative estimate of drug-likeness (QED) is 0.679. The second-order valence-electron chi connectivity index (χ2n) is 4.88. The zero-order valence-electron chi connectivity index (χ0n) is 12.2. The molecule has 0 heterocycles. The Balaban J connectivity index is 2.01. The predicted molar refractivity (Wildman–Crippen MR) is 94.7 cm³/mol. The van der Waals surface area contributed by atoms with Gasteiger partial charge in [-0.2, -0.15) is 0 Å². The molecule has 0 saturated heterocycles. The fourth-order valence-corrected chi connectivity index (χ4v) is 3.08. The Morgan fingerprint density at radius 2 is 1.81 bits per heavy atom. The lowest BCUT2D eigenvalue weighted by Crippen LogP contribution is -2.18. The largest absolute Gasteiger partial charge is 0.489 e. The first-order valence-corrected chi connectivity index (χ1v) is 8.59. The minimum absolute atomic E-state index is 0.324. The van der Waals surface area contributed by atoms with Gasteiger partial charge in [0.25, 0.3) is 0 Å². The van der Waals surface area contributed by atoms with Crippen molar-refractivity contribution in [2.24, 2.45) is 0 Å². The van der Waals surface area contributed by atoms with E-state index >= 15 is 0 Å². The van der Waals surface area contributed by atoms with Crippen molar-refractivity contribution in [1.82, 2.24) is 5.32 Å². The molecule has 2 rings (SSSR count). The van der Waals surface area contributed by atoms with Gasteiger partial charge in [-0.3, -0.25) is 0 Å². The molecule has 0 spiro atoms. The van der Waals surface area contributed by atoms with Gasteiger partial charge in [0.1, 0.15) is 12.4 Å². The number of rotatable bonds is 6. The van der Waals surface area contributed by atoms with Crippen molar-refractivity contribution in [2.75, 3.05) is 6.54 Å². The zero-order chi connectivity index (χ0) is 15.2. The van der Waals surface area contributed by atoms with E-state index in [1.54, 1.807) is 0 Å². The average Bonchev–Trinajstić information content (AvgIpc) is 2.47. The van der Waals surface area contributed by atoms with Gasteiger partial charge in [0, 0.05) is 15.0 Å². The van der Waals surface area contributed by atoms with Crippen LogP contribution in [0.25, 0.3) is 0 Å². The molecule has 112 valence electrons. The van der Waals surface area contributed by atoms with Crippen molar-refractivity contribution in [1.29, 1.82) is 0 Å². The molecule has 2 nitrogen and oxygen atoms in total. The Morgan fingerprint density at radius 1 is 1.10 bits per heavy atom. The maximum absolute atomic E-state index is 5.84. The predicted octanol–water partition coefficient (Wildman–Crippen LogP) is 5.46. The molecule has 0 aromatic heterocycles. The van der Waals surface area contributed by atoms with Gasteiger partial charge in [-0.15, -0.1) is 0 Å². The normalized spacial score (nSPS) is 12.2. The van der Waals surface area contributed by atoms with Crippen LogP contribution in [0.4, 0.5) is 0 Å². The van der Waals surface area contributed by atoms with E-state index < -0.39 is 0 Å². The van der Waals surface area contributed by atoms with Gasteiger partial charge in [-0.25, -0.2) is 0 Å². The van der Waals surface area contributed by atoms with Crippen LogP contribution in [0.2, 0.25) is 0 Å². The van der Waals surface area contributed by atoms with E-state index in [4.69, 9.17) is 4.74 Å². The minimum atomic E-state index is 0.324. The van der Waals surface area contributed by atoms with Crippen LogP contribution >= 0.6 is 31.9 Å². The molecule has 0 bridgehead atoms. The van der Waals surface area contributed by atoms with E-state index in [9.17, 15) is 0 Å². The molecule has 2 aromatic carbocycles. The molecule has 0 aliphatic rings. The molecular formula is C17H19Br2NO. The summed E-state index contributed by atoms with van der Waals surface area (Å²) in [6.07, 6.45) is 0. The van der Waals surface area contributed by atoms with E-state index in [-0.39, 0.29) is 0 Å². The molecule has 0 aliphatic heterocycles. The number of halogens is 2. The molecule has 0 fully saturated rings. The summed E-state index contributed by atoms with van der Waals surface area (Å²) in [5.74, 6) is 0.872. The number of benzene rings is 2. The van der Waals surface area contributed by atoms with Crippen LogP contribution in [0.3, 0.4) is 0 Å². The Morgan fingerprint density at radius 3 is 2.43 bits per heavy atom. The summed E-state index contributed by atoms with van der Waals surface area (Å²) in [6, 6.07) is 14.6. The molecule has 2 aromatic rings. The van der Waals surface area contributed by atoms with Crippen LogP contribution in [0.5, 0.6) is 5.75 Å². The zero-order valence-corrected chi connectivity index (χ0v) is 15.4. The van der Waals surface area contributed by atoms with Crippen molar-refractivity contribution >= 4 is 31.9 Å². The fourth-order valence-electron chi connectivity index (χ4n) is 2.11. The number of ether oxygens (including phenoxy) is 1. The van der Waals surface area contributed by atoms with Crippen molar-refractivity contribution in [2.45, 2.75) is 26.5 Å². The minimum Gasteiger partial charge on any atom is -0.489 e. The van der Waals surface area contributed by atoms with Crippen LogP contribution in [0.15, 0.2) is 51.4 Å². The molecule has 1 unspecified atom stereocenters. The lowest BCUT2D eigenvalue weighted by molar-refractivity contribution is 0.306. The molecule has 1 N–H and O–H groups in total. The monoisotopic (exact) mass is 411 g/mol. The summed E-state index contributed by atoms with van der Waals surface area (Å²) in [5, 5.41) is 3.41. The molecular weight excluding hydrogens is 394 g/mol. The van der Waals surface area contributed by atoms with Crippen LogP contribution < -0.4 is 10.1 Å². The van der Waals surface area contributed by atoms with Gasteiger partial charge >= 0.3 is 0 Å². The van der Waals surface area contributed by atoms with E-state index in [2.05, 4.69) is 69.2 Å². The lowest BCUT2D eigenvalue weighted by Gasteiger charge is -2.16. The first-order chi connectivity index (χ1) is 10.1. The third-order valence-electron chi connectivity index (χ3n) is 3.27. The van der Waals surface area contributed by atoms with E-state index in [1.165, 1.54) is 5.56 Å². The van der Waals surface area contributed by atoms with Crippen LogP contribution in [-0.4, -0.2) is 6.54 Å². The highest BCUT2D eigenvalue weighted by Gasteiger charge is 2.09. The van der Waals surface area contributed by atoms with Gasteiger partial charge in [0.15, 0.2) is 0 Å². The molecule has 4 heteroatoms. The summed E-state index contributed by atoms with van der Waals surface area (Å²) in [7, 11) is 0. The number of nitrogens with one attached hydrogen (secondary N) is 1. The van der Waals surface area contributed by atoms with E-state index in [0.29, 0.717) is 12.6 Å². The topological polar surface area (TPSA) is 21.3 Å². The smallest absolute Gasteiger partial charge is 0.120 e. The highest BCUT2D eigenvalue weighted by Crippen LogP contribution is 2.28. The molecule has 21 heavy (non-hydrogen) atoms. The third-order valence-corrected chi connectivity index (χ3v) is 4.48. The maximum atomic E-state index is 5.84. The molecule has 0 radical (unpaired) electrons. The van der Waals surface area contributed by atoms with Gasteiger partial charge in [0.05, 0.1) is 0 Å². The van der Waals surface area contributed by atoms with Crippen molar-refractivity contribution in [3.63, 3.8) is 0 Å². The maximum Gasteiger partial charge on any atom is 0.120 e.